The maximum Gasteiger partial charge on any atom is 0.171 e. The van der Waals surface area contributed by atoms with Crippen LogP contribution in [0.2, 0.25) is 0 Å². The van der Waals surface area contributed by atoms with Crippen molar-refractivity contribution in [2.45, 2.75) is 39.8 Å². The Morgan fingerprint density at radius 2 is 2.00 bits per heavy atom. The summed E-state index contributed by atoms with van der Waals surface area (Å²) in [6, 6.07) is 7.44. The van der Waals surface area contributed by atoms with Crippen LogP contribution < -0.4 is 15.4 Å². The minimum Gasteiger partial charge on any atom is -0.491 e. The Hall–Kier alpha value is -1.88. The van der Waals surface area contributed by atoms with Gasteiger partial charge in [0.15, 0.2) is 10.9 Å². The molecular formula is C16H20N2O2S. The zero-order chi connectivity index (χ0) is 15.6. The lowest BCUT2D eigenvalue weighted by molar-refractivity contribution is -0.114. The molecule has 1 atom stereocenters. The van der Waals surface area contributed by atoms with Crippen molar-refractivity contribution in [1.82, 2.24) is 10.6 Å². The number of nitrogens with one attached hydrogen (secondary N) is 2. The molecule has 0 amide bonds. The van der Waals surface area contributed by atoms with Gasteiger partial charge in [0.2, 0.25) is 0 Å². The Kier molecular flexibility index (Phi) is 4.63. The Bertz CT molecular complexity index is 608. The molecule has 4 nitrogen and oxygen atoms in total. The molecule has 1 aromatic rings. The molecule has 0 saturated heterocycles. The molecule has 0 unspecified atom stereocenters. The quantitative estimate of drug-likeness (QED) is 0.838. The number of hydrogen-bond acceptors (Lipinski definition) is 3. The molecule has 0 radical (unpaired) electrons. The van der Waals surface area contributed by atoms with Gasteiger partial charge in [-0.3, -0.25) is 4.79 Å². The average Bonchev–Trinajstić information content (AvgIpc) is 2.37. The third-order valence-corrected chi connectivity index (χ3v) is 3.46. The molecule has 5 heteroatoms. The third-order valence-electron chi connectivity index (χ3n) is 3.24. The van der Waals surface area contributed by atoms with Crippen LogP contribution in [0.5, 0.6) is 5.75 Å². The number of carbonyl (C=O) groups excluding carboxylic acids is 1. The smallest absolute Gasteiger partial charge is 0.171 e. The second kappa shape index (κ2) is 6.26. The average molecular weight is 304 g/mol. The van der Waals surface area contributed by atoms with E-state index in [1.807, 2.05) is 45.0 Å². The van der Waals surface area contributed by atoms with E-state index in [1.54, 1.807) is 6.92 Å². The van der Waals surface area contributed by atoms with Gasteiger partial charge in [-0.2, -0.15) is 0 Å². The summed E-state index contributed by atoms with van der Waals surface area (Å²) in [5, 5.41) is 6.69. The van der Waals surface area contributed by atoms with E-state index >= 15 is 0 Å². The maximum absolute atomic E-state index is 12.0. The van der Waals surface area contributed by atoms with Crippen LogP contribution in [0.1, 0.15) is 39.3 Å². The first-order chi connectivity index (χ1) is 9.90. The first kappa shape index (κ1) is 15.5. The number of rotatable bonds is 4. The van der Waals surface area contributed by atoms with Gasteiger partial charge in [-0.1, -0.05) is 18.2 Å². The van der Waals surface area contributed by atoms with Crippen molar-refractivity contribution in [3.8, 4) is 5.75 Å². The van der Waals surface area contributed by atoms with Crippen molar-refractivity contribution in [3.05, 3.63) is 41.1 Å². The highest BCUT2D eigenvalue weighted by Gasteiger charge is 2.29. The fourth-order valence-electron chi connectivity index (χ4n) is 2.47. The molecule has 1 aromatic carbocycles. The van der Waals surface area contributed by atoms with Crippen LogP contribution in [0.4, 0.5) is 0 Å². The van der Waals surface area contributed by atoms with Crippen LogP contribution in [-0.4, -0.2) is 17.0 Å². The van der Waals surface area contributed by atoms with Crippen molar-refractivity contribution in [1.29, 1.82) is 0 Å². The molecule has 0 fully saturated rings. The molecule has 0 saturated carbocycles. The second-order valence-electron chi connectivity index (χ2n) is 5.33. The maximum atomic E-state index is 12.0. The number of allylic oxidation sites excluding steroid dienone is 1. The van der Waals surface area contributed by atoms with E-state index in [-0.39, 0.29) is 17.9 Å². The van der Waals surface area contributed by atoms with E-state index in [4.69, 9.17) is 17.0 Å². The molecule has 0 spiro atoms. The number of para-hydroxylation sites is 1. The predicted molar refractivity (Wildman–Crippen MR) is 87.2 cm³/mol. The van der Waals surface area contributed by atoms with E-state index in [0.717, 1.165) is 17.0 Å². The number of carbonyl (C=O) groups is 1. The Labute approximate surface area is 130 Å². The Balaban J connectivity index is 2.51. The molecule has 1 aliphatic heterocycles. The standard InChI is InChI=1S/C16H20N2O2S/c1-9(2)20-13-8-6-5-7-12(13)15-14(11(4)19)10(3)17-16(21)18-15/h5-9,15H,1-4H3,(H2,17,18,21)/t15-/m1/s1. The molecule has 2 rings (SSSR count). The van der Waals surface area contributed by atoms with Crippen LogP contribution in [0.25, 0.3) is 0 Å². The van der Waals surface area contributed by atoms with E-state index in [9.17, 15) is 4.79 Å². The van der Waals surface area contributed by atoms with Crippen LogP contribution in [0.15, 0.2) is 35.5 Å². The van der Waals surface area contributed by atoms with Gasteiger partial charge in [-0.05, 0) is 46.0 Å². The first-order valence-corrected chi connectivity index (χ1v) is 7.35. The highest BCUT2D eigenvalue weighted by molar-refractivity contribution is 7.80. The topological polar surface area (TPSA) is 50.4 Å². The van der Waals surface area contributed by atoms with Gasteiger partial charge in [-0.25, -0.2) is 0 Å². The highest BCUT2D eigenvalue weighted by atomic mass is 32.1. The van der Waals surface area contributed by atoms with Crippen molar-refractivity contribution in [2.75, 3.05) is 0 Å². The zero-order valence-electron chi connectivity index (χ0n) is 12.7. The minimum atomic E-state index is -0.286. The van der Waals surface area contributed by atoms with Gasteiger partial charge in [0.05, 0.1) is 12.1 Å². The Morgan fingerprint density at radius 3 is 2.62 bits per heavy atom. The van der Waals surface area contributed by atoms with Crippen LogP contribution in [0, 0.1) is 0 Å². The SMILES string of the molecule is CC(=O)C1=C(C)NC(=S)N[C@@H]1c1ccccc1OC(C)C. The summed E-state index contributed by atoms with van der Waals surface area (Å²) in [4.78, 5) is 12.0. The lowest BCUT2D eigenvalue weighted by Crippen LogP contribution is -2.44. The van der Waals surface area contributed by atoms with Gasteiger partial charge in [0.1, 0.15) is 5.75 Å². The van der Waals surface area contributed by atoms with Gasteiger partial charge in [-0.15, -0.1) is 0 Å². The fraction of sp³-hybridized carbons (Fsp3) is 0.375. The molecule has 1 aliphatic rings. The summed E-state index contributed by atoms with van der Waals surface area (Å²) in [7, 11) is 0. The summed E-state index contributed by atoms with van der Waals surface area (Å²) in [6.45, 7) is 7.38. The van der Waals surface area contributed by atoms with E-state index in [2.05, 4.69) is 10.6 Å². The molecule has 112 valence electrons. The van der Waals surface area contributed by atoms with Gasteiger partial charge in [0.25, 0.3) is 0 Å². The number of Topliss-reactive ketones (excluding diaryl/α,β-unsaturated/α-hetero) is 1. The van der Waals surface area contributed by atoms with E-state index < -0.39 is 0 Å². The monoisotopic (exact) mass is 304 g/mol. The summed E-state index contributed by atoms with van der Waals surface area (Å²) in [6.07, 6.45) is 0.0608. The van der Waals surface area contributed by atoms with Gasteiger partial charge < -0.3 is 15.4 Å². The number of ether oxygens (including phenoxy) is 1. The van der Waals surface area contributed by atoms with Crippen molar-refractivity contribution < 1.29 is 9.53 Å². The van der Waals surface area contributed by atoms with E-state index in [0.29, 0.717) is 10.7 Å². The molecule has 2 N–H and O–H groups in total. The molecular weight excluding hydrogens is 284 g/mol. The van der Waals surface area contributed by atoms with Crippen molar-refractivity contribution >= 4 is 23.1 Å². The lowest BCUT2D eigenvalue weighted by atomic mass is 9.92. The van der Waals surface area contributed by atoms with E-state index in [1.165, 1.54) is 0 Å². The molecule has 0 aromatic heterocycles. The number of ketones is 1. The summed E-state index contributed by atoms with van der Waals surface area (Å²) in [5.41, 5.74) is 2.39. The van der Waals surface area contributed by atoms with Crippen molar-refractivity contribution in [3.63, 3.8) is 0 Å². The Morgan fingerprint density at radius 1 is 1.33 bits per heavy atom. The summed E-state index contributed by atoms with van der Waals surface area (Å²) < 4.78 is 5.86. The summed E-state index contributed by atoms with van der Waals surface area (Å²) >= 11 is 5.22. The molecule has 21 heavy (non-hydrogen) atoms. The zero-order valence-corrected chi connectivity index (χ0v) is 13.5. The lowest BCUT2D eigenvalue weighted by Gasteiger charge is -2.31. The molecule has 0 aliphatic carbocycles. The highest BCUT2D eigenvalue weighted by Crippen LogP contribution is 2.33. The number of thiocarbonyl (C=S) groups is 1. The fourth-order valence-corrected chi connectivity index (χ4v) is 2.75. The van der Waals surface area contributed by atoms with Crippen LogP contribution >= 0.6 is 12.2 Å². The van der Waals surface area contributed by atoms with Gasteiger partial charge in [0, 0.05) is 16.8 Å². The normalized spacial score (nSPS) is 18.3. The first-order valence-electron chi connectivity index (χ1n) is 6.95. The minimum absolute atomic E-state index is 0.0133. The third kappa shape index (κ3) is 3.42. The number of benzene rings is 1. The predicted octanol–water partition coefficient (Wildman–Crippen LogP) is 2.86. The molecule has 1 heterocycles. The van der Waals surface area contributed by atoms with Gasteiger partial charge >= 0.3 is 0 Å². The molecule has 0 bridgehead atoms. The largest absolute Gasteiger partial charge is 0.491 e. The second-order valence-corrected chi connectivity index (χ2v) is 5.74. The van der Waals surface area contributed by atoms with Crippen LogP contribution in [-0.2, 0) is 4.79 Å². The number of hydrogen-bond donors (Lipinski definition) is 2. The van der Waals surface area contributed by atoms with Crippen molar-refractivity contribution in [2.24, 2.45) is 0 Å². The summed E-state index contributed by atoms with van der Waals surface area (Å²) in [5.74, 6) is 0.778. The van der Waals surface area contributed by atoms with Crippen LogP contribution in [0.3, 0.4) is 0 Å².